The number of carbonyl (C=O) groups is 1. The fourth-order valence-electron chi connectivity index (χ4n) is 3.31. The molecule has 0 spiro atoms. The Morgan fingerprint density at radius 1 is 1.31 bits per heavy atom. The summed E-state index contributed by atoms with van der Waals surface area (Å²) in [5.41, 5.74) is 1.17. The molecule has 0 radical (unpaired) electrons. The maximum Gasteiger partial charge on any atom is 0.261 e. The van der Waals surface area contributed by atoms with Crippen LogP contribution in [0.4, 0.5) is 5.13 Å². The number of aromatic nitrogens is 1. The second-order valence-corrected chi connectivity index (χ2v) is 8.59. The molecule has 152 valence electrons. The summed E-state index contributed by atoms with van der Waals surface area (Å²) in [4.78, 5) is 19.8. The molecule has 2 heterocycles. The number of fused-ring (bicyclic) bond motifs is 1. The molecule has 1 atom stereocenters. The minimum Gasteiger partial charge on any atom is -0.494 e. The van der Waals surface area contributed by atoms with Crippen LogP contribution < -0.4 is 9.64 Å². The summed E-state index contributed by atoms with van der Waals surface area (Å²) in [6.07, 6.45) is 1.87. The fraction of sp³-hybridized carbons (Fsp3) is 0.333. The fourth-order valence-corrected chi connectivity index (χ4v) is 4.68. The largest absolute Gasteiger partial charge is 0.494 e. The Kier molecular flexibility index (Phi) is 6.25. The van der Waals surface area contributed by atoms with Gasteiger partial charge in [0.1, 0.15) is 5.75 Å². The molecule has 1 saturated heterocycles. The Labute approximate surface area is 183 Å². The van der Waals surface area contributed by atoms with Gasteiger partial charge in [-0.15, -0.1) is 0 Å². The van der Waals surface area contributed by atoms with Gasteiger partial charge in [-0.2, -0.15) is 0 Å². The molecular formula is C21H20Cl2N2O3S. The van der Waals surface area contributed by atoms with E-state index in [0.29, 0.717) is 40.5 Å². The van der Waals surface area contributed by atoms with Gasteiger partial charge < -0.3 is 9.47 Å². The van der Waals surface area contributed by atoms with Crippen LogP contribution in [0.25, 0.3) is 10.2 Å². The highest BCUT2D eigenvalue weighted by Gasteiger charge is 2.28. The Morgan fingerprint density at radius 3 is 2.93 bits per heavy atom. The summed E-state index contributed by atoms with van der Waals surface area (Å²) >= 11 is 13.9. The highest BCUT2D eigenvalue weighted by molar-refractivity contribution is 7.22. The van der Waals surface area contributed by atoms with E-state index in [1.807, 2.05) is 25.1 Å². The van der Waals surface area contributed by atoms with E-state index in [-0.39, 0.29) is 12.0 Å². The number of carbonyl (C=O) groups excluding carboxylic acids is 1. The lowest BCUT2D eigenvalue weighted by atomic mass is 10.1. The van der Waals surface area contributed by atoms with Crippen LogP contribution in [0.1, 0.15) is 30.1 Å². The lowest BCUT2D eigenvalue weighted by Crippen LogP contribution is -2.37. The van der Waals surface area contributed by atoms with E-state index in [4.69, 9.17) is 37.7 Å². The second-order valence-electron chi connectivity index (χ2n) is 6.73. The average molecular weight is 451 g/mol. The number of halogens is 2. The third kappa shape index (κ3) is 4.51. The van der Waals surface area contributed by atoms with Crippen molar-refractivity contribution in [2.75, 3.05) is 24.7 Å². The van der Waals surface area contributed by atoms with E-state index in [1.165, 1.54) is 11.3 Å². The molecule has 1 aliphatic heterocycles. The second kappa shape index (κ2) is 8.88. The number of rotatable bonds is 6. The van der Waals surface area contributed by atoms with Gasteiger partial charge in [-0.25, -0.2) is 4.98 Å². The summed E-state index contributed by atoms with van der Waals surface area (Å²) in [6.45, 7) is 3.66. The number of ether oxygens (including phenoxy) is 2. The van der Waals surface area contributed by atoms with Crippen molar-refractivity contribution in [3.63, 3.8) is 0 Å². The van der Waals surface area contributed by atoms with Crippen molar-refractivity contribution in [3.8, 4) is 5.75 Å². The highest BCUT2D eigenvalue weighted by Crippen LogP contribution is 2.34. The number of anilines is 1. The first-order valence-electron chi connectivity index (χ1n) is 9.47. The van der Waals surface area contributed by atoms with Crippen LogP contribution in [-0.4, -0.2) is 36.8 Å². The maximum absolute atomic E-state index is 13.4. The molecule has 3 aromatic rings. The predicted octanol–water partition coefficient (Wildman–Crippen LogP) is 5.83. The SMILES string of the molecule is CCOc1ccc2nc(N(CC3CCCO3)C(=O)c3cc(Cl)ccc3Cl)sc2c1. The van der Waals surface area contributed by atoms with E-state index in [0.717, 1.165) is 28.8 Å². The van der Waals surface area contributed by atoms with Crippen molar-refractivity contribution in [2.45, 2.75) is 25.9 Å². The van der Waals surface area contributed by atoms with Gasteiger partial charge in [0.15, 0.2) is 5.13 Å². The van der Waals surface area contributed by atoms with Crippen molar-refractivity contribution in [1.82, 2.24) is 4.98 Å². The van der Waals surface area contributed by atoms with Gasteiger partial charge in [-0.05, 0) is 56.2 Å². The first-order chi connectivity index (χ1) is 14.0. The van der Waals surface area contributed by atoms with Gasteiger partial charge in [0, 0.05) is 11.6 Å². The van der Waals surface area contributed by atoms with Crippen molar-refractivity contribution in [3.05, 3.63) is 52.0 Å². The number of thiazole rings is 1. The van der Waals surface area contributed by atoms with Crippen LogP contribution in [0.2, 0.25) is 10.0 Å². The minimum atomic E-state index is -0.239. The molecule has 8 heteroatoms. The summed E-state index contributed by atoms with van der Waals surface area (Å²) in [6, 6.07) is 10.6. The minimum absolute atomic E-state index is 0.0251. The smallest absolute Gasteiger partial charge is 0.261 e. The quantitative estimate of drug-likeness (QED) is 0.474. The molecular weight excluding hydrogens is 431 g/mol. The standard InChI is InChI=1S/C21H20Cl2N2O3S/c1-2-27-14-6-8-18-19(11-14)29-21(24-18)25(12-15-4-3-9-28-15)20(26)16-10-13(22)5-7-17(16)23/h5-8,10-11,15H,2-4,9,12H2,1H3. The van der Waals surface area contributed by atoms with Gasteiger partial charge >= 0.3 is 0 Å². The number of nitrogens with zero attached hydrogens (tertiary/aromatic N) is 2. The van der Waals surface area contributed by atoms with Gasteiger partial charge in [0.2, 0.25) is 0 Å². The summed E-state index contributed by atoms with van der Waals surface area (Å²) in [7, 11) is 0. The normalized spacial score (nSPS) is 16.3. The Hall–Kier alpha value is -1.86. The van der Waals surface area contributed by atoms with Crippen molar-refractivity contribution >= 4 is 55.8 Å². The van der Waals surface area contributed by atoms with Crippen LogP contribution in [0.5, 0.6) is 5.75 Å². The molecule has 4 rings (SSSR count). The molecule has 1 unspecified atom stereocenters. The maximum atomic E-state index is 13.4. The van der Waals surface area contributed by atoms with E-state index in [2.05, 4.69) is 0 Å². The molecule has 2 aromatic carbocycles. The van der Waals surface area contributed by atoms with Gasteiger partial charge in [-0.3, -0.25) is 9.69 Å². The van der Waals surface area contributed by atoms with Gasteiger partial charge in [0.25, 0.3) is 5.91 Å². The number of amides is 1. The first-order valence-corrected chi connectivity index (χ1v) is 11.0. The lowest BCUT2D eigenvalue weighted by molar-refractivity contribution is 0.0917. The summed E-state index contributed by atoms with van der Waals surface area (Å²) in [5.74, 6) is 0.544. The molecule has 1 aliphatic rings. The van der Waals surface area contributed by atoms with E-state index in [1.54, 1.807) is 23.1 Å². The molecule has 1 amide bonds. The zero-order valence-electron chi connectivity index (χ0n) is 15.9. The Balaban J connectivity index is 1.72. The highest BCUT2D eigenvalue weighted by atomic mass is 35.5. The zero-order chi connectivity index (χ0) is 20.4. The van der Waals surface area contributed by atoms with E-state index >= 15 is 0 Å². The summed E-state index contributed by atoms with van der Waals surface area (Å²) < 4.78 is 12.3. The summed E-state index contributed by atoms with van der Waals surface area (Å²) in [5, 5.41) is 1.42. The molecule has 5 nitrogen and oxygen atoms in total. The van der Waals surface area contributed by atoms with E-state index in [9.17, 15) is 4.79 Å². The molecule has 29 heavy (non-hydrogen) atoms. The average Bonchev–Trinajstić information content (AvgIpc) is 3.36. The van der Waals surface area contributed by atoms with Crippen molar-refractivity contribution in [1.29, 1.82) is 0 Å². The molecule has 1 aromatic heterocycles. The van der Waals surface area contributed by atoms with Crippen LogP contribution in [0.3, 0.4) is 0 Å². The monoisotopic (exact) mass is 450 g/mol. The first kappa shape index (κ1) is 20.4. The predicted molar refractivity (Wildman–Crippen MR) is 118 cm³/mol. The molecule has 0 bridgehead atoms. The number of hydrogen-bond acceptors (Lipinski definition) is 5. The molecule has 1 fully saturated rings. The number of benzene rings is 2. The molecule has 0 saturated carbocycles. The molecule has 0 N–H and O–H groups in total. The van der Waals surface area contributed by atoms with Crippen LogP contribution in [-0.2, 0) is 4.74 Å². The topological polar surface area (TPSA) is 51.7 Å². The third-order valence-corrected chi connectivity index (χ3v) is 6.31. The lowest BCUT2D eigenvalue weighted by Gasteiger charge is -2.23. The van der Waals surface area contributed by atoms with Crippen LogP contribution in [0.15, 0.2) is 36.4 Å². The van der Waals surface area contributed by atoms with Gasteiger partial charge in [-0.1, -0.05) is 34.5 Å². The zero-order valence-corrected chi connectivity index (χ0v) is 18.2. The van der Waals surface area contributed by atoms with Crippen molar-refractivity contribution < 1.29 is 14.3 Å². The Bertz CT molecular complexity index is 1030. The van der Waals surface area contributed by atoms with Crippen LogP contribution >= 0.6 is 34.5 Å². The Morgan fingerprint density at radius 2 is 2.17 bits per heavy atom. The third-order valence-electron chi connectivity index (χ3n) is 4.70. The van der Waals surface area contributed by atoms with Crippen LogP contribution in [0, 0.1) is 0 Å². The van der Waals surface area contributed by atoms with E-state index < -0.39 is 0 Å². The molecule has 0 aliphatic carbocycles. The van der Waals surface area contributed by atoms with Gasteiger partial charge in [0.05, 0.1) is 40.1 Å². The number of hydrogen-bond donors (Lipinski definition) is 0. The van der Waals surface area contributed by atoms with Crippen molar-refractivity contribution in [2.24, 2.45) is 0 Å².